The Hall–Kier alpha value is -1.87. The standard InChI is InChI=1S/C16H19NO2/c1-2-19-16-7-5-14(6-8-16)15(12-18)10-13-4-3-9-17-11-13/h3-9,11,15,18H,2,10,12H2,1H3. The summed E-state index contributed by atoms with van der Waals surface area (Å²) in [6.45, 7) is 2.76. The zero-order valence-electron chi connectivity index (χ0n) is 11.1. The first-order valence-electron chi connectivity index (χ1n) is 6.56. The maximum Gasteiger partial charge on any atom is 0.119 e. The fourth-order valence-electron chi connectivity index (χ4n) is 2.09. The lowest BCUT2D eigenvalue weighted by Crippen LogP contribution is -2.08. The first kappa shape index (κ1) is 13.6. The van der Waals surface area contributed by atoms with Gasteiger partial charge in [0, 0.05) is 18.3 Å². The predicted octanol–water partition coefficient (Wildman–Crippen LogP) is 2.80. The Morgan fingerprint density at radius 3 is 2.58 bits per heavy atom. The number of ether oxygens (including phenoxy) is 1. The van der Waals surface area contributed by atoms with Gasteiger partial charge in [0.25, 0.3) is 0 Å². The smallest absolute Gasteiger partial charge is 0.119 e. The molecule has 3 nitrogen and oxygen atoms in total. The third-order valence-corrected chi connectivity index (χ3v) is 3.09. The average molecular weight is 257 g/mol. The number of aromatic nitrogens is 1. The van der Waals surface area contributed by atoms with Crippen LogP contribution in [0.4, 0.5) is 0 Å². The van der Waals surface area contributed by atoms with Gasteiger partial charge in [-0.05, 0) is 42.7 Å². The fraction of sp³-hybridized carbons (Fsp3) is 0.312. The molecule has 1 aromatic carbocycles. The van der Waals surface area contributed by atoms with Crippen molar-refractivity contribution in [3.63, 3.8) is 0 Å². The van der Waals surface area contributed by atoms with Crippen molar-refractivity contribution in [2.75, 3.05) is 13.2 Å². The van der Waals surface area contributed by atoms with Crippen LogP contribution in [-0.2, 0) is 6.42 Å². The molecule has 0 amide bonds. The maximum atomic E-state index is 9.56. The van der Waals surface area contributed by atoms with Crippen LogP contribution in [0.1, 0.15) is 24.0 Å². The fourth-order valence-corrected chi connectivity index (χ4v) is 2.09. The van der Waals surface area contributed by atoms with E-state index in [1.54, 1.807) is 6.20 Å². The molecule has 2 aromatic rings. The average Bonchev–Trinajstić information content (AvgIpc) is 2.47. The number of rotatable bonds is 6. The monoisotopic (exact) mass is 257 g/mol. The summed E-state index contributed by atoms with van der Waals surface area (Å²) in [5, 5.41) is 9.56. The Morgan fingerprint density at radius 2 is 2.00 bits per heavy atom. The quantitative estimate of drug-likeness (QED) is 0.865. The van der Waals surface area contributed by atoms with Crippen LogP contribution >= 0.6 is 0 Å². The topological polar surface area (TPSA) is 42.4 Å². The third-order valence-electron chi connectivity index (χ3n) is 3.09. The molecule has 1 atom stereocenters. The van der Waals surface area contributed by atoms with Crippen LogP contribution in [0.5, 0.6) is 5.75 Å². The molecule has 1 N–H and O–H groups in total. The molecule has 0 bridgehead atoms. The Kier molecular flexibility index (Phi) is 4.93. The zero-order valence-corrected chi connectivity index (χ0v) is 11.1. The number of hydrogen-bond donors (Lipinski definition) is 1. The van der Waals surface area contributed by atoms with E-state index in [2.05, 4.69) is 4.98 Å². The zero-order chi connectivity index (χ0) is 13.5. The summed E-state index contributed by atoms with van der Waals surface area (Å²) in [7, 11) is 0. The van der Waals surface area contributed by atoms with E-state index in [1.165, 1.54) is 0 Å². The van der Waals surface area contributed by atoms with Crippen LogP contribution in [-0.4, -0.2) is 23.3 Å². The predicted molar refractivity (Wildman–Crippen MR) is 75.4 cm³/mol. The number of hydrogen-bond acceptors (Lipinski definition) is 3. The molecule has 19 heavy (non-hydrogen) atoms. The molecule has 0 spiro atoms. The van der Waals surface area contributed by atoms with Crippen LogP contribution in [0.15, 0.2) is 48.8 Å². The van der Waals surface area contributed by atoms with Gasteiger partial charge < -0.3 is 9.84 Å². The highest BCUT2D eigenvalue weighted by molar-refractivity contribution is 5.30. The van der Waals surface area contributed by atoms with Crippen molar-refractivity contribution >= 4 is 0 Å². The molecule has 0 aliphatic heterocycles. The van der Waals surface area contributed by atoms with Gasteiger partial charge >= 0.3 is 0 Å². The van der Waals surface area contributed by atoms with E-state index in [9.17, 15) is 5.11 Å². The van der Waals surface area contributed by atoms with Crippen molar-refractivity contribution in [3.05, 3.63) is 59.9 Å². The number of aliphatic hydroxyl groups is 1. The van der Waals surface area contributed by atoms with E-state index >= 15 is 0 Å². The van der Waals surface area contributed by atoms with E-state index in [0.29, 0.717) is 6.61 Å². The maximum absolute atomic E-state index is 9.56. The molecular weight excluding hydrogens is 238 g/mol. The SMILES string of the molecule is CCOc1ccc(C(CO)Cc2cccnc2)cc1. The summed E-state index contributed by atoms with van der Waals surface area (Å²) >= 11 is 0. The van der Waals surface area contributed by atoms with Gasteiger partial charge in [-0.3, -0.25) is 4.98 Å². The second-order valence-electron chi connectivity index (χ2n) is 4.45. The van der Waals surface area contributed by atoms with E-state index in [1.807, 2.05) is 49.5 Å². The normalized spacial score (nSPS) is 12.1. The summed E-state index contributed by atoms with van der Waals surface area (Å²) in [6.07, 6.45) is 4.39. The molecular formula is C16H19NO2. The molecule has 0 aliphatic carbocycles. The van der Waals surface area contributed by atoms with Gasteiger partial charge in [-0.25, -0.2) is 0 Å². The molecule has 0 saturated carbocycles. The molecule has 0 saturated heterocycles. The molecule has 1 aromatic heterocycles. The Bertz CT molecular complexity index is 482. The Morgan fingerprint density at radius 1 is 1.21 bits per heavy atom. The second-order valence-corrected chi connectivity index (χ2v) is 4.45. The summed E-state index contributed by atoms with van der Waals surface area (Å²) < 4.78 is 5.42. The van der Waals surface area contributed by atoms with Crippen molar-refractivity contribution in [1.29, 1.82) is 0 Å². The number of aliphatic hydroxyl groups excluding tert-OH is 1. The van der Waals surface area contributed by atoms with Crippen molar-refractivity contribution in [2.24, 2.45) is 0 Å². The van der Waals surface area contributed by atoms with Crippen LogP contribution in [0, 0.1) is 0 Å². The molecule has 3 heteroatoms. The number of benzene rings is 1. The molecule has 0 fully saturated rings. The van der Waals surface area contributed by atoms with E-state index in [0.717, 1.165) is 23.3 Å². The molecule has 0 radical (unpaired) electrons. The minimum Gasteiger partial charge on any atom is -0.494 e. The minimum absolute atomic E-state index is 0.0971. The third kappa shape index (κ3) is 3.80. The van der Waals surface area contributed by atoms with Gasteiger partial charge in [-0.2, -0.15) is 0 Å². The summed E-state index contributed by atoms with van der Waals surface area (Å²) in [5.41, 5.74) is 2.25. The highest BCUT2D eigenvalue weighted by Crippen LogP contribution is 2.22. The van der Waals surface area contributed by atoms with Gasteiger partial charge in [0.15, 0.2) is 0 Å². The minimum atomic E-state index is 0.0971. The second kappa shape index (κ2) is 6.90. The van der Waals surface area contributed by atoms with Crippen molar-refractivity contribution in [2.45, 2.75) is 19.3 Å². The summed E-state index contributed by atoms with van der Waals surface area (Å²) in [6, 6.07) is 11.9. The summed E-state index contributed by atoms with van der Waals surface area (Å²) in [5.74, 6) is 0.962. The Balaban J connectivity index is 2.08. The molecule has 100 valence electrons. The van der Waals surface area contributed by atoms with Crippen molar-refractivity contribution in [3.8, 4) is 5.75 Å². The van der Waals surface area contributed by atoms with Gasteiger partial charge in [-0.1, -0.05) is 18.2 Å². The highest BCUT2D eigenvalue weighted by Gasteiger charge is 2.11. The molecule has 2 rings (SSSR count). The lowest BCUT2D eigenvalue weighted by molar-refractivity contribution is 0.264. The van der Waals surface area contributed by atoms with Crippen molar-refractivity contribution in [1.82, 2.24) is 4.98 Å². The van der Waals surface area contributed by atoms with Gasteiger partial charge in [-0.15, -0.1) is 0 Å². The van der Waals surface area contributed by atoms with Crippen molar-refractivity contribution < 1.29 is 9.84 Å². The van der Waals surface area contributed by atoms with E-state index < -0.39 is 0 Å². The Labute approximate surface area is 113 Å². The van der Waals surface area contributed by atoms with Crippen LogP contribution in [0.2, 0.25) is 0 Å². The number of pyridine rings is 1. The van der Waals surface area contributed by atoms with E-state index in [4.69, 9.17) is 4.74 Å². The number of nitrogens with zero attached hydrogens (tertiary/aromatic N) is 1. The first-order chi connectivity index (χ1) is 9.33. The molecule has 1 unspecified atom stereocenters. The summed E-state index contributed by atoms with van der Waals surface area (Å²) in [4.78, 5) is 4.10. The molecule has 0 aliphatic rings. The van der Waals surface area contributed by atoms with Crippen LogP contribution in [0.3, 0.4) is 0 Å². The van der Waals surface area contributed by atoms with Gasteiger partial charge in [0.1, 0.15) is 5.75 Å². The lowest BCUT2D eigenvalue weighted by atomic mass is 9.93. The molecule has 1 heterocycles. The van der Waals surface area contributed by atoms with Crippen LogP contribution in [0.25, 0.3) is 0 Å². The van der Waals surface area contributed by atoms with Crippen LogP contribution < -0.4 is 4.74 Å². The lowest BCUT2D eigenvalue weighted by Gasteiger charge is -2.15. The first-order valence-corrected chi connectivity index (χ1v) is 6.56. The van der Waals surface area contributed by atoms with Gasteiger partial charge in [0.05, 0.1) is 13.2 Å². The van der Waals surface area contributed by atoms with Gasteiger partial charge in [0.2, 0.25) is 0 Å². The van der Waals surface area contributed by atoms with E-state index in [-0.39, 0.29) is 12.5 Å². The highest BCUT2D eigenvalue weighted by atomic mass is 16.5. The largest absolute Gasteiger partial charge is 0.494 e.